The molecule has 1 fully saturated rings. The van der Waals surface area contributed by atoms with Crippen LogP contribution in [0.3, 0.4) is 0 Å². The minimum atomic E-state index is -0.502. The molecule has 1 rings (SSSR count). The predicted octanol–water partition coefficient (Wildman–Crippen LogP) is 3.05. The second-order valence-corrected chi connectivity index (χ2v) is 6.26. The zero-order valence-electron chi connectivity index (χ0n) is 13.1. The highest BCUT2D eigenvalue weighted by atomic mass is 16.5. The van der Waals surface area contributed by atoms with Gasteiger partial charge in [-0.2, -0.15) is 0 Å². The van der Waals surface area contributed by atoms with Gasteiger partial charge in [-0.25, -0.2) is 4.79 Å². The first-order valence-corrected chi connectivity index (χ1v) is 7.92. The standard InChI is InChI=1S/C16H29NO3/c1-12(2)11-14(16(19)20-3)17-15(18)13-9-7-5-4-6-8-10-13/h12-14H,4-11H2,1-3H3,(H,17,18). The summed E-state index contributed by atoms with van der Waals surface area (Å²) < 4.78 is 4.79. The van der Waals surface area contributed by atoms with E-state index in [1.807, 2.05) is 13.8 Å². The number of amides is 1. The lowest BCUT2D eigenvalue weighted by atomic mass is 9.90. The maximum atomic E-state index is 12.4. The monoisotopic (exact) mass is 283 g/mol. The third-order valence-electron chi connectivity index (χ3n) is 3.99. The second-order valence-electron chi connectivity index (χ2n) is 6.26. The van der Waals surface area contributed by atoms with Crippen LogP contribution in [-0.2, 0) is 14.3 Å². The van der Waals surface area contributed by atoms with Crippen LogP contribution in [0.1, 0.15) is 65.2 Å². The lowest BCUT2D eigenvalue weighted by molar-refractivity contribution is -0.146. The Morgan fingerprint density at radius 3 is 2.15 bits per heavy atom. The highest BCUT2D eigenvalue weighted by molar-refractivity contribution is 5.85. The van der Waals surface area contributed by atoms with Gasteiger partial charge in [-0.15, -0.1) is 0 Å². The number of hydrogen-bond donors (Lipinski definition) is 1. The van der Waals surface area contributed by atoms with Gasteiger partial charge in [0, 0.05) is 5.92 Å². The molecule has 1 atom stereocenters. The van der Waals surface area contributed by atoms with Crippen LogP contribution in [0.2, 0.25) is 0 Å². The summed E-state index contributed by atoms with van der Waals surface area (Å²) in [7, 11) is 1.37. The molecule has 0 aliphatic heterocycles. The Kier molecular flexibility index (Phi) is 7.63. The maximum Gasteiger partial charge on any atom is 0.328 e. The zero-order chi connectivity index (χ0) is 15.0. The molecule has 1 aliphatic rings. The van der Waals surface area contributed by atoms with E-state index in [0.717, 1.165) is 25.7 Å². The van der Waals surface area contributed by atoms with Crippen LogP contribution in [0.25, 0.3) is 0 Å². The van der Waals surface area contributed by atoms with E-state index < -0.39 is 6.04 Å². The van der Waals surface area contributed by atoms with Crippen molar-refractivity contribution in [3.8, 4) is 0 Å². The van der Waals surface area contributed by atoms with Crippen molar-refractivity contribution in [2.24, 2.45) is 11.8 Å². The minimum absolute atomic E-state index is 0.0305. The maximum absolute atomic E-state index is 12.4. The summed E-state index contributed by atoms with van der Waals surface area (Å²) in [5, 5.41) is 2.90. The topological polar surface area (TPSA) is 55.4 Å². The quantitative estimate of drug-likeness (QED) is 0.789. The number of carbonyl (C=O) groups excluding carboxylic acids is 2. The summed E-state index contributed by atoms with van der Waals surface area (Å²) in [5.74, 6) is 0.104. The first-order chi connectivity index (χ1) is 9.54. The average Bonchev–Trinajstić information content (AvgIpc) is 2.35. The molecule has 0 saturated heterocycles. The van der Waals surface area contributed by atoms with Gasteiger partial charge in [-0.05, 0) is 25.2 Å². The molecule has 1 unspecified atom stereocenters. The van der Waals surface area contributed by atoms with E-state index in [1.54, 1.807) is 0 Å². The Labute approximate surface area is 122 Å². The van der Waals surface area contributed by atoms with Crippen LogP contribution in [0.5, 0.6) is 0 Å². The molecule has 0 heterocycles. The summed E-state index contributed by atoms with van der Waals surface area (Å²) >= 11 is 0. The number of hydrogen-bond acceptors (Lipinski definition) is 3. The molecule has 0 aromatic heterocycles. The summed E-state index contributed by atoms with van der Waals surface area (Å²) in [6, 6.07) is -0.502. The van der Waals surface area contributed by atoms with E-state index in [4.69, 9.17) is 4.74 Å². The third kappa shape index (κ3) is 5.93. The van der Waals surface area contributed by atoms with E-state index >= 15 is 0 Å². The van der Waals surface area contributed by atoms with Crippen LogP contribution >= 0.6 is 0 Å². The Hall–Kier alpha value is -1.06. The van der Waals surface area contributed by atoms with E-state index in [-0.39, 0.29) is 17.8 Å². The van der Waals surface area contributed by atoms with Gasteiger partial charge >= 0.3 is 5.97 Å². The average molecular weight is 283 g/mol. The predicted molar refractivity (Wildman–Crippen MR) is 79.2 cm³/mol. The van der Waals surface area contributed by atoms with Crippen LogP contribution in [0.4, 0.5) is 0 Å². The molecule has 4 nitrogen and oxygen atoms in total. The largest absolute Gasteiger partial charge is 0.467 e. The first kappa shape index (κ1) is 17.0. The smallest absolute Gasteiger partial charge is 0.328 e. The van der Waals surface area contributed by atoms with Gasteiger partial charge < -0.3 is 10.1 Å². The fraction of sp³-hybridized carbons (Fsp3) is 0.875. The van der Waals surface area contributed by atoms with Gasteiger partial charge in [0.15, 0.2) is 0 Å². The lowest BCUT2D eigenvalue weighted by Gasteiger charge is -2.23. The summed E-state index contributed by atoms with van der Waals surface area (Å²) in [6.45, 7) is 4.08. The number of rotatable bonds is 5. The molecule has 1 amide bonds. The molecular weight excluding hydrogens is 254 g/mol. The van der Waals surface area contributed by atoms with Gasteiger partial charge in [0.25, 0.3) is 0 Å². The highest BCUT2D eigenvalue weighted by Gasteiger charge is 2.26. The van der Waals surface area contributed by atoms with Crippen molar-refractivity contribution in [1.82, 2.24) is 5.32 Å². The summed E-state index contributed by atoms with van der Waals surface area (Å²) in [4.78, 5) is 24.1. The second kappa shape index (κ2) is 8.98. The van der Waals surface area contributed by atoms with E-state index in [9.17, 15) is 9.59 Å². The van der Waals surface area contributed by atoms with Crippen molar-refractivity contribution in [2.75, 3.05) is 7.11 Å². The molecule has 4 heteroatoms. The zero-order valence-corrected chi connectivity index (χ0v) is 13.1. The molecule has 1 saturated carbocycles. The number of carbonyl (C=O) groups is 2. The Bertz CT molecular complexity index is 307. The van der Waals surface area contributed by atoms with Crippen LogP contribution in [-0.4, -0.2) is 25.0 Å². The summed E-state index contributed by atoms with van der Waals surface area (Å²) in [5.41, 5.74) is 0. The van der Waals surface area contributed by atoms with Crippen molar-refractivity contribution in [2.45, 2.75) is 71.3 Å². The van der Waals surface area contributed by atoms with Crippen molar-refractivity contribution >= 4 is 11.9 Å². The van der Waals surface area contributed by atoms with Crippen molar-refractivity contribution in [3.63, 3.8) is 0 Å². The molecule has 1 N–H and O–H groups in total. The molecule has 0 radical (unpaired) electrons. The van der Waals surface area contributed by atoms with Gasteiger partial charge in [0.2, 0.25) is 5.91 Å². The van der Waals surface area contributed by atoms with Crippen molar-refractivity contribution in [1.29, 1.82) is 0 Å². The molecule has 0 bridgehead atoms. The fourth-order valence-corrected chi connectivity index (χ4v) is 2.84. The highest BCUT2D eigenvalue weighted by Crippen LogP contribution is 2.22. The Balaban J connectivity index is 2.56. The lowest BCUT2D eigenvalue weighted by Crippen LogP contribution is -2.45. The van der Waals surface area contributed by atoms with Gasteiger partial charge in [-0.3, -0.25) is 4.79 Å². The van der Waals surface area contributed by atoms with Crippen LogP contribution in [0, 0.1) is 11.8 Å². The van der Waals surface area contributed by atoms with E-state index in [0.29, 0.717) is 12.3 Å². The summed E-state index contributed by atoms with van der Waals surface area (Å²) in [6.07, 6.45) is 8.48. The number of esters is 1. The normalized spacial score (nSPS) is 19.0. The Morgan fingerprint density at radius 2 is 1.65 bits per heavy atom. The molecule has 0 aromatic carbocycles. The molecule has 116 valence electrons. The van der Waals surface area contributed by atoms with Gasteiger partial charge in [0.1, 0.15) is 6.04 Å². The number of ether oxygens (including phenoxy) is 1. The van der Waals surface area contributed by atoms with E-state index in [1.165, 1.54) is 26.4 Å². The first-order valence-electron chi connectivity index (χ1n) is 7.92. The third-order valence-corrected chi connectivity index (χ3v) is 3.99. The molecule has 1 aliphatic carbocycles. The molecule has 20 heavy (non-hydrogen) atoms. The fourth-order valence-electron chi connectivity index (χ4n) is 2.84. The van der Waals surface area contributed by atoms with E-state index in [2.05, 4.69) is 5.32 Å². The van der Waals surface area contributed by atoms with Crippen molar-refractivity contribution < 1.29 is 14.3 Å². The van der Waals surface area contributed by atoms with Gasteiger partial charge in [-0.1, -0.05) is 46.0 Å². The van der Waals surface area contributed by atoms with Gasteiger partial charge in [0.05, 0.1) is 7.11 Å². The minimum Gasteiger partial charge on any atom is -0.467 e. The SMILES string of the molecule is COC(=O)C(CC(C)C)NC(=O)C1CCCCCCC1. The molecule has 0 aromatic rings. The van der Waals surface area contributed by atoms with Crippen molar-refractivity contribution in [3.05, 3.63) is 0 Å². The number of nitrogens with one attached hydrogen (secondary N) is 1. The number of methoxy groups -OCH3 is 1. The molecule has 0 spiro atoms. The van der Waals surface area contributed by atoms with Crippen LogP contribution in [0.15, 0.2) is 0 Å². The van der Waals surface area contributed by atoms with Crippen LogP contribution < -0.4 is 5.32 Å². The molecular formula is C16H29NO3. The Morgan fingerprint density at radius 1 is 1.10 bits per heavy atom.